The fraction of sp³-hybridized carbons (Fsp3) is 0.357. The molecule has 2 N–H and O–H groups in total. The van der Waals surface area contributed by atoms with Crippen LogP contribution in [0, 0.1) is 0 Å². The number of carbonyl (C=O) groups is 3. The van der Waals surface area contributed by atoms with Gasteiger partial charge in [0.25, 0.3) is 11.4 Å². The number of allylic oxidation sites excluding steroid dienone is 1. The Morgan fingerprint density at radius 1 is 1.25 bits per heavy atom. The predicted octanol–water partition coefficient (Wildman–Crippen LogP) is 1.90. The Bertz CT molecular complexity index is 673. The predicted molar refractivity (Wildman–Crippen MR) is 73.0 cm³/mol. The third-order valence-corrected chi connectivity index (χ3v) is 3.05. The third-order valence-electron chi connectivity index (χ3n) is 3.05. The van der Waals surface area contributed by atoms with Gasteiger partial charge in [0.2, 0.25) is 0 Å². The van der Waals surface area contributed by atoms with E-state index in [-0.39, 0.29) is 0 Å². The first-order chi connectivity index (χ1) is 11.0. The molecule has 0 bridgehead atoms. The van der Waals surface area contributed by atoms with Crippen LogP contribution in [-0.2, 0) is 14.3 Å². The van der Waals surface area contributed by atoms with Crippen molar-refractivity contribution in [3.63, 3.8) is 0 Å². The number of ketones is 1. The molecule has 0 aliphatic carbocycles. The van der Waals surface area contributed by atoms with Gasteiger partial charge in [-0.2, -0.15) is 13.2 Å². The summed E-state index contributed by atoms with van der Waals surface area (Å²) < 4.78 is 50.0. The zero-order valence-electron chi connectivity index (χ0n) is 12.9. The fourth-order valence-corrected chi connectivity index (χ4v) is 2.13. The number of Topliss-reactive ketones (excluding diaryl/α,β-unsaturated/α-hetero) is 1. The van der Waals surface area contributed by atoms with Crippen molar-refractivity contribution in [2.24, 2.45) is 0 Å². The smallest absolute Gasteiger partial charge is 0.427 e. The minimum atomic E-state index is -5.49. The summed E-state index contributed by atoms with van der Waals surface area (Å²) in [4.78, 5) is 35.6. The molecule has 7 nitrogen and oxygen atoms in total. The van der Waals surface area contributed by atoms with E-state index in [1.807, 2.05) is 0 Å². The molecule has 0 unspecified atom stereocenters. The van der Waals surface area contributed by atoms with Crippen molar-refractivity contribution in [1.29, 1.82) is 0 Å². The van der Waals surface area contributed by atoms with Gasteiger partial charge in [0.15, 0.2) is 11.5 Å². The quantitative estimate of drug-likeness (QED) is 0.478. The highest BCUT2D eigenvalue weighted by molar-refractivity contribution is 6.07. The summed E-state index contributed by atoms with van der Waals surface area (Å²) in [6.07, 6.45) is -4.46. The summed E-state index contributed by atoms with van der Waals surface area (Å²) >= 11 is 0. The number of hydrogen-bond acceptors (Lipinski definition) is 6. The highest BCUT2D eigenvalue weighted by Gasteiger charge is 2.67. The lowest BCUT2D eigenvalue weighted by molar-refractivity contribution is -0.202. The number of nitrogens with one attached hydrogen (secondary N) is 1. The Kier molecular flexibility index (Phi) is 5.43. The van der Waals surface area contributed by atoms with E-state index in [0.717, 1.165) is 19.3 Å². The summed E-state index contributed by atoms with van der Waals surface area (Å²) in [5, 5.41) is 11.0. The van der Waals surface area contributed by atoms with Gasteiger partial charge in [-0.1, -0.05) is 0 Å². The molecular formula is C14H14F3NO6. The summed E-state index contributed by atoms with van der Waals surface area (Å²) in [5.41, 5.74) is -5.25. The molecule has 0 aliphatic heterocycles. The van der Waals surface area contributed by atoms with E-state index in [1.165, 1.54) is 11.4 Å². The number of methoxy groups -OCH3 is 1. The van der Waals surface area contributed by atoms with Gasteiger partial charge in [-0.15, -0.1) is 0 Å². The van der Waals surface area contributed by atoms with Crippen LogP contribution in [0.15, 0.2) is 34.1 Å². The van der Waals surface area contributed by atoms with Crippen molar-refractivity contribution < 1.29 is 41.8 Å². The second-order valence-corrected chi connectivity index (χ2v) is 4.69. The SMILES string of the molecule is COC(=O)[C@](NC(=O)c1ccco1)(/C(C(C)=O)=C(\C)O)C(F)(F)F. The van der Waals surface area contributed by atoms with Crippen LogP contribution in [0.2, 0.25) is 0 Å². The average Bonchev–Trinajstić information content (AvgIpc) is 2.97. The van der Waals surface area contributed by atoms with Gasteiger partial charge < -0.3 is 19.6 Å². The molecule has 1 amide bonds. The number of halogens is 3. The molecule has 0 aromatic carbocycles. The highest BCUT2D eigenvalue weighted by atomic mass is 19.4. The molecule has 132 valence electrons. The van der Waals surface area contributed by atoms with Gasteiger partial charge in [-0.05, 0) is 26.0 Å². The Morgan fingerprint density at radius 3 is 2.17 bits per heavy atom. The maximum absolute atomic E-state index is 13.7. The molecular weight excluding hydrogens is 335 g/mol. The number of esters is 1. The number of alkyl halides is 3. The van der Waals surface area contributed by atoms with E-state index in [1.54, 1.807) is 0 Å². The van der Waals surface area contributed by atoms with Crippen molar-refractivity contribution in [2.75, 3.05) is 7.11 Å². The number of amides is 1. The number of carbonyl (C=O) groups excluding carboxylic acids is 3. The summed E-state index contributed by atoms with van der Waals surface area (Å²) in [7, 11) is 0.645. The Balaban J connectivity index is 3.66. The van der Waals surface area contributed by atoms with Crippen molar-refractivity contribution in [3.8, 4) is 0 Å². The van der Waals surface area contributed by atoms with Gasteiger partial charge in [-0.25, -0.2) is 4.79 Å². The first kappa shape index (κ1) is 19.3. The number of furan rings is 1. The van der Waals surface area contributed by atoms with Crippen LogP contribution in [0.4, 0.5) is 13.2 Å². The van der Waals surface area contributed by atoms with Crippen LogP contribution in [0.25, 0.3) is 0 Å². The van der Waals surface area contributed by atoms with Crippen molar-refractivity contribution in [1.82, 2.24) is 5.32 Å². The van der Waals surface area contributed by atoms with E-state index in [4.69, 9.17) is 0 Å². The molecule has 1 aromatic heterocycles. The van der Waals surface area contributed by atoms with E-state index >= 15 is 0 Å². The Labute approximate surface area is 134 Å². The van der Waals surface area contributed by atoms with Crippen molar-refractivity contribution in [3.05, 3.63) is 35.5 Å². The van der Waals surface area contributed by atoms with Gasteiger partial charge in [0.05, 0.1) is 24.7 Å². The van der Waals surface area contributed by atoms with Crippen LogP contribution in [0.1, 0.15) is 24.4 Å². The molecule has 0 aliphatic rings. The number of ether oxygens (including phenoxy) is 1. The van der Waals surface area contributed by atoms with Crippen LogP contribution in [0.3, 0.4) is 0 Å². The lowest BCUT2D eigenvalue weighted by Gasteiger charge is -2.34. The summed E-state index contributed by atoms with van der Waals surface area (Å²) in [5.74, 6) is -6.33. The second kappa shape index (κ2) is 6.77. The first-order valence-electron chi connectivity index (χ1n) is 6.41. The molecule has 1 atom stereocenters. The van der Waals surface area contributed by atoms with Crippen molar-refractivity contribution in [2.45, 2.75) is 25.6 Å². The fourth-order valence-electron chi connectivity index (χ4n) is 2.13. The number of aliphatic hydroxyl groups is 1. The molecule has 1 aromatic rings. The lowest BCUT2D eigenvalue weighted by Crippen LogP contribution is -2.66. The van der Waals surface area contributed by atoms with Crippen LogP contribution >= 0.6 is 0 Å². The monoisotopic (exact) mass is 349 g/mol. The molecule has 0 saturated heterocycles. The molecule has 1 heterocycles. The van der Waals surface area contributed by atoms with E-state index < -0.39 is 46.5 Å². The first-order valence-corrected chi connectivity index (χ1v) is 6.41. The van der Waals surface area contributed by atoms with E-state index in [0.29, 0.717) is 14.0 Å². The standard InChI is InChI=1S/C14H14F3NO6/c1-7(19)10(8(2)20)13(12(22)23-3,14(15,16)17)18-11(21)9-5-4-6-24-9/h4-6,19H,1-3H3,(H,18,21)/b10-7+/t13-/m1/s1. The van der Waals surface area contributed by atoms with Gasteiger partial charge >= 0.3 is 12.1 Å². The van der Waals surface area contributed by atoms with Crippen molar-refractivity contribution >= 4 is 17.7 Å². The summed E-state index contributed by atoms with van der Waals surface area (Å²) in [6.45, 7) is 1.48. The molecule has 0 fully saturated rings. The van der Waals surface area contributed by atoms with Crippen LogP contribution in [0.5, 0.6) is 0 Å². The topological polar surface area (TPSA) is 106 Å². The number of rotatable bonds is 5. The minimum Gasteiger partial charge on any atom is -0.512 e. The number of aliphatic hydroxyl groups excluding tert-OH is 1. The highest BCUT2D eigenvalue weighted by Crippen LogP contribution is 2.39. The zero-order valence-corrected chi connectivity index (χ0v) is 12.9. The number of hydrogen-bond donors (Lipinski definition) is 2. The molecule has 1 rings (SSSR count). The zero-order chi connectivity index (χ0) is 18.7. The van der Waals surface area contributed by atoms with Gasteiger partial charge in [0, 0.05) is 0 Å². The normalized spacial score (nSPS) is 15.1. The summed E-state index contributed by atoms with van der Waals surface area (Å²) in [6, 6.07) is 2.29. The Hall–Kier alpha value is -2.78. The molecule has 0 radical (unpaired) electrons. The molecule has 0 spiro atoms. The largest absolute Gasteiger partial charge is 0.512 e. The second-order valence-electron chi connectivity index (χ2n) is 4.69. The van der Waals surface area contributed by atoms with Gasteiger partial charge in [-0.3, -0.25) is 9.59 Å². The molecule has 24 heavy (non-hydrogen) atoms. The maximum Gasteiger partial charge on any atom is 0.427 e. The molecule has 0 saturated carbocycles. The van der Waals surface area contributed by atoms with E-state index in [9.17, 15) is 32.7 Å². The minimum absolute atomic E-state index is 0.536. The lowest BCUT2D eigenvalue weighted by atomic mass is 9.85. The van der Waals surface area contributed by atoms with E-state index in [2.05, 4.69) is 9.15 Å². The van der Waals surface area contributed by atoms with Crippen LogP contribution < -0.4 is 5.32 Å². The third kappa shape index (κ3) is 3.26. The van der Waals surface area contributed by atoms with Crippen LogP contribution in [-0.4, -0.2) is 41.6 Å². The molecule has 10 heteroatoms. The Morgan fingerprint density at radius 2 is 1.83 bits per heavy atom. The average molecular weight is 349 g/mol. The van der Waals surface area contributed by atoms with Gasteiger partial charge in [0.1, 0.15) is 0 Å². The maximum atomic E-state index is 13.7.